The molecule has 1 aromatic rings. The summed E-state index contributed by atoms with van der Waals surface area (Å²) in [6.07, 6.45) is 6.57. The zero-order valence-electron chi connectivity index (χ0n) is 13.1. The summed E-state index contributed by atoms with van der Waals surface area (Å²) < 4.78 is 0. The minimum absolute atomic E-state index is 0.681. The second-order valence-electron chi connectivity index (χ2n) is 6.25. The highest BCUT2D eigenvalue weighted by Crippen LogP contribution is 2.15. The number of rotatable bonds is 7. The molecule has 0 spiro atoms. The Hall–Kier alpha value is -0.860. The Labute approximate surface area is 124 Å². The van der Waals surface area contributed by atoms with Crippen molar-refractivity contribution in [1.29, 1.82) is 0 Å². The Morgan fingerprint density at radius 2 is 1.90 bits per heavy atom. The van der Waals surface area contributed by atoms with Crippen LogP contribution in [0, 0.1) is 0 Å². The second kappa shape index (κ2) is 8.43. The lowest BCUT2D eigenvalue weighted by Crippen LogP contribution is -2.45. The molecule has 1 fully saturated rings. The van der Waals surface area contributed by atoms with Crippen LogP contribution >= 0.6 is 0 Å². The molecule has 1 aliphatic heterocycles. The second-order valence-corrected chi connectivity index (χ2v) is 6.25. The Morgan fingerprint density at radius 1 is 1.20 bits per heavy atom. The topological polar surface area (TPSA) is 15.3 Å². The Balaban J connectivity index is 1.67. The molecule has 1 aromatic carbocycles. The van der Waals surface area contributed by atoms with Crippen LogP contribution < -0.4 is 5.32 Å². The van der Waals surface area contributed by atoms with E-state index in [-0.39, 0.29) is 0 Å². The third-order valence-electron chi connectivity index (χ3n) is 4.35. The van der Waals surface area contributed by atoms with E-state index in [1.807, 2.05) is 0 Å². The molecule has 0 aromatic heterocycles. The summed E-state index contributed by atoms with van der Waals surface area (Å²) >= 11 is 0. The van der Waals surface area contributed by atoms with E-state index in [4.69, 9.17) is 0 Å². The molecule has 20 heavy (non-hydrogen) atoms. The number of hydrogen-bond donors (Lipinski definition) is 1. The first kappa shape index (κ1) is 15.5. The van der Waals surface area contributed by atoms with E-state index in [1.165, 1.54) is 50.8 Å². The van der Waals surface area contributed by atoms with Gasteiger partial charge in [0, 0.05) is 18.6 Å². The first-order valence-electron chi connectivity index (χ1n) is 8.30. The minimum Gasteiger partial charge on any atom is -0.311 e. The Morgan fingerprint density at radius 3 is 2.55 bits per heavy atom. The molecule has 2 rings (SSSR count). The normalized spacial score (nSPS) is 19.1. The summed E-state index contributed by atoms with van der Waals surface area (Å²) in [6.45, 7) is 8.18. The van der Waals surface area contributed by atoms with Gasteiger partial charge in [-0.1, -0.05) is 50.1 Å². The molecule has 1 atom stereocenters. The molecule has 0 radical (unpaired) electrons. The molecule has 1 heterocycles. The summed E-state index contributed by atoms with van der Waals surface area (Å²) in [5, 5.41) is 3.81. The molecule has 1 aliphatic rings. The summed E-state index contributed by atoms with van der Waals surface area (Å²) in [5.41, 5.74) is 1.44. The predicted octanol–water partition coefficient (Wildman–Crippen LogP) is 3.82. The van der Waals surface area contributed by atoms with E-state index in [1.54, 1.807) is 0 Å². The van der Waals surface area contributed by atoms with Gasteiger partial charge in [0.1, 0.15) is 0 Å². The molecule has 0 bridgehead atoms. The number of benzene rings is 1. The molecule has 2 nitrogen and oxygen atoms in total. The monoisotopic (exact) mass is 274 g/mol. The summed E-state index contributed by atoms with van der Waals surface area (Å²) in [5.74, 6) is 0. The van der Waals surface area contributed by atoms with Gasteiger partial charge >= 0.3 is 0 Å². The molecule has 1 saturated heterocycles. The molecule has 2 heteroatoms. The number of nitrogens with zero attached hydrogens (tertiary/aromatic N) is 1. The van der Waals surface area contributed by atoms with Crippen LogP contribution in [0.1, 0.15) is 51.5 Å². The van der Waals surface area contributed by atoms with E-state index < -0.39 is 0 Å². The largest absolute Gasteiger partial charge is 0.311 e. The molecule has 0 saturated carbocycles. The summed E-state index contributed by atoms with van der Waals surface area (Å²) in [6, 6.07) is 12.2. The van der Waals surface area contributed by atoms with Crippen LogP contribution in [0.25, 0.3) is 0 Å². The van der Waals surface area contributed by atoms with Gasteiger partial charge in [-0.05, 0) is 44.8 Å². The number of unbranched alkanes of at least 4 members (excludes halogenated alkanes) is 1. The fourth-order valence-corrected chi connectivity index (χ4v) is 3.10. The Kier molecular flexibility index (Phi) is 6.55. The minimum atomic E-state index is 0.681. The average Bonchev–Trinajstić information content (AvgIpc) is 2.48. The van der Waals surface area contributed by atoms with Crippen LogP contribution in [-0.2, 0) is 6.54 Å². The van der Waals surface area contributed by atoms with Gasteiger partial charge in [0.2, 0.25) is 0 Å². The van der Waals surface area contributed by atoms with Crippen LogP contribution in [0.2, 0.25) is 0 Å². The Bertz CT molecular complexity index is 355. The number of hydrogen-bond acceptors (Lipinski definition) is 2. The molecule has 0 aliphatic carbocycles. The van der Waals surface area contributed by atoms with Crippen molar-refractivity contribution in [1.82, 2.24) is 10.2 Å². The molecular formula is C18H30N2. The third-order valence-corrected chi connectivity index (χ3v) is 4.35. The van der Waals surface area contributed by atoms with Gasteiger partial charge in [-0.3, -0.25) is 4.90 Å². The number of piperidine rings is 1. The van der Waals surface area contributed by atoms with Gasteiger partial charge in [0.15, 0.2) is 0 Å². The quantitative estimate of drug-likeness (QED) is 0.813. The van der Waals surface area contributed by atoms with Crippen molar-refractivity contribution in [2.75, 3.05) is 13.1 Å². The van der Waals surface area contributed by atoms with E-state index in [2.05, 4.69) is 54.4 Å². The van der Waals surface area contributed by atoms with Crippen LogP contribution in [-0.4, -0.2) is 30.1 Å². The van der Waals surface area contributed by atoms with Gasteiger partial charge in [-0.2, -0.15) is 0 Å². The van der Waals surface area contributed by atoms with Gasteiger partial charge in [0.25, 0.3) is 0 Å². The van der Waals surface area contributed by atoms with Crippen molar-refractivity contribution in [3.8, 4) is 0 Å². The summed E-state index contributed by atoms with van der Waals surface area (Å²) in [7, 11) is 0. The van der Waals surface area contributed by atoms with E-state index in [0.29, 0.717) is 6.04 Å². The first-order valence-corrected chi connectivity index (χ1v) is 8.30. The maximum absolute atomic E-state index is 3.81. The van der Waals surface area contributed by atoms with Crippen molar-refractivity contribution < 1.29 is 0 Å². The van der Waals surface area contributed by atoms with E-state index in [0.717, 1.165) is 12.6 Å². The maximum Gasteiger partial charge on any atom is 0.0233 e. The van der Waals surface area contributed by atoms with Crippen LogP contribution in [0.5, 0.6) is 0 Å². The molecule has 0 amide bonds. The highest BCUT2D eigenvalue weighted by atomic mass is 15.1. The fraction of sp³-hybridized carbons (Fsp3) is 0.667. The van der Waals surface area contributed by atoms with E-state index in [9.17, 15) is 0 Å². The van der Waals surface area contributed by atoms with E-state index >= 15 is 0 Å². The lowest BCUT2D eigenvalue weighted by Gasteiger charge is -2.34. The fourth-order valence-electron chi connectivity index (χ4n) is 3.10. The van der Waals surface area contributed by atoms with Crippen LogP contribution in [0.3, 0.4) is 0 Å². The van der Waals surface area contributed by atoms with Crippen LogP contribution in [0.15, 0.2) is 30.3 Å². The van der Waals surface area contributed by atoms with Crippen molar-refractivity contribution in [2.45, 2.75) is 64.6 Å². The van der Waals surface area contributed by atoms with Gasteiger partial charge in [-0.25, -0.2) is 0 Å². The molecular weight excluding hydrogens is 244 g/mol. The predicted molar refractivity (Wildman–Crippen MR) is 86.9 cm³/mol. The lowest BCUT2D eigenvalue weighted by molar-refractivity contribution is 0.184. The third kappa shape index (κ3) is 5.26. The summed E-state index contributed by atoms with van der Waals surface area (Å²) in [4.78, 5) is 2.59. The number of likely N-dealkylation sites (tertiary alicyclic amines) is 1. The zero-order valence-corrected chi connectivity index (χ0v) is 13.1. The standard InChI is InChI=1S/C18H30N2/c1-3-4-8-16(2)19-18-11-13-20(14-12-18)15-17-9-6-5-7-10-17/h5-7,9-10,16,18-19H,3-4,8,11-15H2,1-2H3/t16-/m1/s1. The highest BCUT2D eigenvalue weighted by Gasteiger charge is 2.20. The van der Waals surface area contributed by atoms with Crippen molar-refractivity contribution in [2.24, 2.45) is 0 Å². The average molecular weight is 274 g/mol. The maximum atomic E-state index is 3.81. The SMILES string of the molecule is CCCC[C@@H](C)NC1CCN(Cc2ccccc2)CC1. The van der Waals surface area contributed by atoms with Crippen molar-refractivity contribution in [3.05, 3.63) is 35.9 Å². The number of nitrogens with one attached hydrogen (secondary N) is 1. The molecule has 112 valence electrons. The highest BCUT2D eigenvalue weighted by molar-refractivity contribution is 5.14. The smallest absolute Gasteiger partial charge is 0.0233 e. The molecule has 0 unspecified atom stereocenters. The molecule has 1 N–H and O–H groups in total. The van der Waals surface area contributed by atoms with Gasteiger partial charge in [0.05, 0.1) is 0 Å². The van der Waals surface area contributed by atoms with Crippen molar-refractivity contribution >= 4 is 0 Å². The van der Waals surface area contributed by atoms with Crippen LogP contribution in [0.4, 0.5) is 0 Å². The van der Waals surface area contributed by atoms with Gasteiger partial charge in [-0.15, -0.1) is 0 Å². The van der Waals surface area contributed by atoms with Gasteiger partial charge < -0.3 is 5.32 Å². The first-order chi connectivity index (χ1) is 9.78. The zero-order chi connectivity index (χ0) is 14.2. The lowest BCUT2D eigenvalue weighted by atomic mass is 10.0. The van der Waals surface area contributed by atoms with Crippen molar-refractivity contribution in [3.63, 3.8) is 0 Å².